The SMILES string of the molecule is Cn1cncc1CNc1c(Cl)ccc2scnc12. The normalized spacial score (nSPS) is 11.0. The first-order valence-corrected chi connectivity index (χ1v) is 6.72. The van der Waals surface area contributed by atoms with E-state index in [0.717, 1.165) is 21.6 Å². The van der Waals surface area contributed by atoms with E-state index >= 15 is 0 Å². The van der Waals surface area contributed by atoms with Gasteiger partial charge in [-0.2, -0.15) is 0 Å². The Bertz CT molecular complexity index is 688. The lowest BCUT2D eigenvalue weighted by Gasteiger charge is -2.09. The molecule has 0 fully saturated rings. The van der Waals surface area contributed by atoms with Crippen molar-refractivity contribution in [1.29, 1.82) is 0 Å². The maximum Gasteiger partial charge on any atom is 0.106 e. The zero-order chi connectivity index (χ0) is 12.5. The molecule has 1 aromatic carbocycles. The molecule has 0 amide bonds. The van der Waals surface area contributed by atoms with E-state index in [-0.39, 0.29) is 0 Å². The highest BCUT2D eigenvalue weighted by Crippen LogP contribution is 2.32. The number of nitrogens with zero attached hydrogens (tertiary/aromatic N) is 3. The lowest BCUT2D eigenvalue weighted by molar-refractivity contribution is 0.838. The molecule has 2 aromatic heterocycles. The van der Waals surface area contributed by atoms with E-state index in [1.807, 2.05) is 35.5 Å². The van der Waals surface area contributed by atoms with Gasteiger partial charge < -0.3 is 9.88 Å². The van der Waals surface area contributed by atoms with Crippen molar-refractivity contribution in [3.8, 4) is 0 Å². The molecule has 92 valence electrons. The number of benzene rings is 1. The first kappa shape index (κ1) is 11.5. The molecular formula is C12H11ClN4S. The third kappa shape index (κ3) is 1.95. The number of thiazole rings is 1. The Morgan fingerprint density at radius 1 is 1.44 bits per heavy atom. The third-order valence-electron chi connectivity index (χ3n) is 2.81. The maximum atomic E-state index is 6.22. The van der Waals surface area contributed by atoms with Crippen molar-refractivity contribution < 1.29 is 0 Å². The number of rotatable bonds is 3. The number of nitrogens with one attached hydrogen (secondary N) is 1. The van der Waals surface area contributed by atoms with Gasteiger partial charge in [0.15, 0.2) is 0 Å². The molecule has 0 saturated carbocycles. The first-order chi connectivity index (χ1) is 8.75. The molecule has 18 heavy (non-hydrogen) atoms. The number of hydrogen-bond acceptors (Lipinski definition) is 4. The number of halogens is 1. The van der Waals surface area contributed by atoms with Gasteiger partial charge in [0.1, 0.15) is 5.52 Å². The fourth-order valence-electron chi connectivity index (χ4n) is 1.81. The molecule has 0 aliphatic rings. The van der Waals surface area contributed by atoms with Crippen molar-refractivity contribution >= 4 is 38.8 Å². The predicted molar refractivity (Wildman–Crippen MR) is 75.2 cm³/mol. The maximum absolute atomic E-state index is 6.22. The Balaban J connectivity index is 1.92. The van der Waals surface area contributed by atoms with Crippen LogP contribution in [0.15, 0.2) is 30.2 Å². The minimum atomic E-state index is 0.673. The highest BCUT2D eigenvalue weighted by molar-refractivity contribution is 7.16. The third-order valence-corrected chi connectivity index (χ3v) is 3.92. The highest BCUT2D eigenvalue weighted by atomic mass is 35.5. The zero-order valence-corrected chi connectivity index (χ0v) is 11.3. The van der Waals surface area contributed by atoms with E-state index in [2.05, 4.69) is 15.3 Å². The second kappa shape index (κ2) is 4.59. The van der Waals surface area contributed by atoms with Gasteiger partial charge in [-0.15, -0.1) is 11.3 Å². The average molecular weight is 279 g/mol. The minimum absolute atomic E-state index is 0.673. The van der Waals surface area contributed by atoms with E-state index in [0.29, 0.717) is 11.6 Å². The van der Waals surface area contributed by atoms with Gasteiger partial charge in [0.05, 0.1) is 39.5 Å². The summed E-state index contributed by atoms with van der Waals surface area (Å²) in [4.78, 5) is 8.44. The van der Waals surface area contributed by atoms with Gasteiger partial charge in [0, 0.05) is 13.2 Å². The van der Waals surface area contributed by atoms with Gasteiger partial charge in [-0.25, -0.2) is 9.97 Å². The molecule has 2 heterocycles. The number of hydrogen-bond donors (Lipinski definition) is 1. The van der Waals surface area contributed by atoms with Crippen molar-refractivity contribution in [2.45, 2.75) is 6.54 Å². The average Bonchev–Trinajstić information content (AvgIpc) is 2.97. The van der Waals surface area contributed by atoms with Crippen LogP contribution in [0.5, 0.6) is 0 Å². The molecule has 0 atom stereocenters. The molecule has 0 unspecified atom stereocenters. The topological polar surface area (TPSA) is 42.7 Å². The van der Waals surface area contributed by atoms with Crippen LogP contribution in [0.1, 0.15) is 5.69 Å². The Labute approximate surface area is 113 Å². The molecule has 3 aromatic rings. The largest absolute Gasteiger partial charge is 0.376 e. The Morgan fingerprint density at radius 3 is 3.11 bits per heavy atom. The summed E-state index contributed by atoms with van der Waals surface area (Å²) in [5.74, 6) is 0. The van der Waals surface area contributed by atoms with Crippen molar-refractivity contribution in [2.24, 2.45) is 7.05 Å². The molecule has 6 heteroatoms. The smallest absolute Gasteiger partial charge is 0.106 e. The number of aryl methyl sites for hydroxylation is 1. The summed E-state index contributed by atoms with van der Waals surface area (Å²) >= 11 is 7.83. The van der Waals surface area contributed by atoms with E-state index in [4.69, 9.17) is 11.6 Å². The molecule has 0 aliphatic carbocycles. The van der Waals surface area contributed by atoms with Gasteiger partial charge in [0.25, 0.3) is 0 Å². The van der Waals surface area contributed by atoms with Crippen molar-refractivity contribution in [1.82, 2.24) is 14.5 Å². The van der Waals surface area contributed by atoms with E-state index in [1.54, 1.807) is 17.7 Å². The summed E-state index contributed by atoms with van der Waals surface area (Å²) in [6.45, 7) is 0.673. The van der Waals surface area contributed by atoms with Crippen LogP contribution < -0.4 is 5.32 Å². The van der Waals surface area contributed by atoms with Gasteiger partial charge in [-0.05, 0) is 12.1 Å². The van der Waals surface area contributed by atoms with E-state index in [1.165, 1.54) is 0 Å². The predicted octanol–water partition coefficient (Wildman–Crippen LogP) is 3.30. The fourth-order valence-corrected chi connectivity index (χ4v) is 2.71. The number of anilines is 1. The molecule has 4 nitrogen and oxygen atoms in total. The molecule has 1 N–H and O–H groups in total. The molecule has 3 rings (SSSR count). The van der Waals surface area contributed by atoms with Crippen LogP contribution in [0.4, 0.5) is 5.69 Å². The van der Waals surface area contributed by atoms with Crippen LogP contribution in [-0.2, 0) is 13.6 Å². The number of imidazole rings is 1. The summed E-state index contributed by atoms with van der Waals surface area (Å²) in [5.41, 5.74) is 4.74. The summed E-state index contributed by atoms with van der Waals surface area (Å²) in [7, 11) is 1.97. The second-order valence-corrected chi connectivity index (χ2v) is 5.26. The van der Waals surface area contributed by atoms with Crippen LogP contribution in [0, 0.1) is 0 Å². The quantitative estimate of drug-likeness (QED) is 0.799. The molecular weight excluding hydrogens is 268 g/mol. The van der Waals surface area contributed by atoms with Crippen LogP contribution in [0.3, 0.4) is 0 Å². The lowest BCUT2D eigenvalue weighted by atomic mass is 10.3. The monoisotopic (exact) mass is 278 g/mol. The van der Waals surface area contributed by atoms with Crippen molar-refractivity contribution in [3.63, 3.8) is 0 Å². The summed E-state index contributed by atoms with van der Waals surface area (Å²) in [5, 5.41) is 4.03. The Hall–Kier alpha value is -1.59. The highest BCUT2D eigenvalue weighted by Gasteiger charge is 2.09. The standard InChI is InChI=1S/C12H11ClN4S/c1-17-6-14-4-8(17)5-15-11-9(13)2-3-10-12(11)16-7-18-10/h2-4,6-7,15H,5H2,1H3. The van der Waals surface area contributed by atoms with Gasteiger partial charge in [-0.1, -0.05) is 11.6 Å². The zero-order valence-electron chi connectivity index (χ0n) is 9.72. The molecule has 0 aliphatic heterocycles. The van der Waals surface area contributed by atoms with Gasteiger partial charge in [0.2, 0.25) is 0 Å². The first-order valence-electron chi connectivity index (χ1n) is 5.46. The summed E-state index contributed by atoms with van der Waals surface area (Å²) in [6.07, 6.45) is 3.62. The van der Waals surface area contributed by atoms with Crippen LogP contribution in [0.25, 0.3) is 10.2 Å². The van der Waals surface area contributed by atoms with Crippen LogP contribution >= 0.6 is 22.9 Å². The molecule has 0 radical (unpaired) electrons. The summed E-state index contributed by atoms with van der Waals surface area (Å²) < 4.78 is 3.11. The summed E-state index contributed by atoms with van der Waals surface area (Å²) in [6, 6.07) is 3.89. The Kier molecular flexibility index (Phi) is 2.93. The Morgan fingerprint density at radius 2 is 2.33 bits per heavy atom. The number of aromatic nitrogens is 3. The van der Waals surface area contributed by atoms with Gasteiger partial charge in [-0.3, -0.25) is 0 Å². The van der Waals surface area contributed by atoms with Crippen molar-refractivity contribution in [3.05, 3.63) is 40.9 Å². The fraction of sp³-hybridized carbons (Fsp3) is 0.167. The van der Waals surface area contributed by atoms with E-state index < -0.39 is 0 Å². The second-order valence-electron chi connectivity index (χ2n) is 3.97. The van der Waals surface area contributed by atoms with Crippen molar-refractivity contribution in [2.75, 3.05) is 5.32 Å². The molecule has 0 bridgehead atoms. The molecule has 0 spiro atoms. The van der Waals surface area contributed by atoms with E-state index in [9.17, 15) is 0 Å². The van der Waals surface area contributed by atoms with Gasteiger partial charge >= 0.3 is 0 Å². The number of fused-ring (bicyclic) bond motifs is 1. The lowest BCUT2D eigenvalue weighted by Crippen LogP contribution is -2.04. The minimum Gasteiger partial charge on any atom is -0.376 e. The molecule has 0 saturated heterocycles. The van der Waals surface area contributed by atoms with Crippen LogP contribution in [0.2, 0.25) is 5.02 Å². The van der Waals surface area contributed by atoms with Crippen LogP contribution in [-0.4, -0.2) is 14.5 Å².